The molecule has 0 amide bonds. The van der Waals surface area contributed by atoms with Crippen molar-refractivity contribution in [3.8, 4) is 0 Å². The van der Waals surface area contributed by atoms with Gasteiger partial charge in [0.25, 0.3) is 0 Å². The van der Waals surface area contributed by atoms with Crippen LogP contribution in [0, 0.1) is 5.92 Å². The minimum atomic E-state index is 0.436. The first-order valence-electron chi connectivity index (χ1n) is 5.17. The van der Waals surface area contributed by atoms with Gasteiger partial charge in [-0.25, -0.2) is 4.98 Å². The molecule has 0 aromatic carbocycles. The first-order chi connectivity index (χ1) is 6.25. The number of hydrogen-bond acceptors (Lipinski definition) is 2. The number of H-pyrrole nitrogens is 1. The molecule has 2 rings (SSSR count). The Labute approximate surface area is 79.0 Å². The first kappa shape index (κ1) is 8.73. The van der Waals surface area contributed by atoms with E-state index in [4.69, 9.17) is 0 Å². The minimum Gasteiger partial charge on any atom is -0.263 e. The second-order valence-corrected chi connectivity index (χ2v) is 4.30. The Kier molecular flexibility index (Phi) is 2.34. The number of nitrogens with zero attached hydrogens (tertiary/aromatic N) is 2. The molecule has 0 radical (unpaired) electrons. The van der Waals surface area contributed by atoms with E-state index in [-0.39, 0.29) is 0 Å². The van der Waals surface area contributed by atoms with Crippen molar-refractivity contribution in [3.63, 3.8) is 0 Å². The van der Waals surface area contributed by atoms with Crippen LogP contribution in [0.2, 0.25) is 0 Å². The predicted molar refractivity (Wildman–Crippen MR) is 51.5 cm³/mol. The van der Waals surface area contributed by atoms with Crippen LogP contribution in [0.3, 0.4) is 0 Å². The highest BCUT2D eigenvalue weighted by Gasteiger charge is 2.19. The summed E-state index contributed by atoms with van der Waals surface area (Å²) in [6.07, 6.45) is 5.24. The molecular weight excluding hydrogens is 162 g/mol. The quantitative estimate of drug-likeness (QED) is 0.773. The molecule has 13 heavy (non-hydrogen) atoms. The summed E-state index contributed by atoms with van der Waals surface area (Å²) in [5.41, 5.74) is 0. The van der Waals surface area contributed by atoms with E-state index in [1.165, 1.54) is 19.3 Å². The van der Waals surface area contributed by atoms with Crippen molar-refractivity contribution in [1.82, 2.24) is 15.2 Å². The SMILES string of the molecule is CC(C)c1n[nH]c(CC2CCC2)n1. The third-order valence-corrected chi connectivity index (χ3v) is 2.77. The molecule has 1 aromatic heterocycles. The van der Waals surface area contributed by atoms with Crippen LogP contribution < -0.4 is 0 Å². The van der Waals surface area contributed by atoms with Gasteiger partial charge in [-0.05, 0) is 5.92 Å². The largest absolute Gasteiger partial charge is 0.263 e. The smallest absolute Gasteiger partial charge is 0.153 e. The lowest BCUT2D eigenvalue weighted by Crippen LogP contribution is -2.14. The number of nitrogens with one attached hydrogen (secondary N) is 1. The zero-order chi connectivity index (χ0) is 9.26. The highest BCUT2D eigenvalue weighted by Crippen LogP contribution is 2.28. The van der Waals surface area contributed by atoms with Crippen molar-refractivity contribution >= 4 is 0 Å². The lowest BCUT2D eigenvalue weighted by molar-refractivity contribution is 0.309. The van der Waals surface area contributed by atoms with E-state index >= 15 is 0 Å². The van der Waals surface area contributed by atoms with Crippen LogP contribution in [0.1, 0.15) is 50.7 Å². The Morgan fingerprint density at radius 2 is 2.23 bits per heavy atom. The molecule has 0 saturated heterocycles. The van der Waals surface area contributed by atoms with Gasteiger partial charge in [-0.15, -0.1) is 0 Å². The summed E-state index contributed by atoms with van der Waals surface area (Å²) < 4.78 is 0. The van der Waals surface area contributed by atoms with Crippen molar-refractivity contribution in [2.24, 2.45) is 5.92 Å². The van der Waals surface area contributed by atoms with E-state index in [1.54, 1.807) is 0 Å². The van der Waals surface area contributed by atoms with E-state index in [9.17, 15) is 0 Å². The summed E-state index contributed by atoms with van der Waals surface area (Å²) in [7, 11) is 0. The molecule has 1 fully saturated rings. The summed E-state index contributed by atoms with van der Waals surface area (Å²) in [5.74, 6) is 3.34. The van der Waals surface area contributed by atoms with Crippen LogP contribution in [-0.4, -0.2) is 15.2 Å². The lowest BCUT2D eigenvalue weighted by Gasteiger charge is -2.23. The van der Waals surface area contributed by atoms with Crippen LogP contribution in [0.15, 0.2) is 0 Å². The molecule has 0 unspecified atom stereocenters. The van der Waals surface area contributed by atoms with Gasteiger partial charge < -0.3 is 0 Å². The number of aromatic nitrogens is 3. The second kappa shape index (κ2) is 3.48. The maximum atomic E-state index is 4.46. The molecule has 1 heterocycles. The summed E-state index contributed by atoms with van der Waals surface area (Å²) in [6.45, 7) is 4.24. The average molecular weight is 179 g/mol. The lowest BCUT2D eigenvalue weighted by atomic mass is 9.83. The van der Waals surface area contributed by atoms with Crippen molar-refractivity contribution in [2.45, 2.75) is 45.4 Å². The predicted octanol–water partition coefficient (Wildman–Crippen LogP) is 2.27. The van der Waals surface area contributed by atoms with Crippen molar-refractivity contribution in [3.05, 3.63) is 11.6 Å². The zero-order valence-electron chi connectivity index (χ0n) is 8.38. The fraction of sp³-hybridized carbons (Fsp3) is 0.800. The molecule has 1 aromatic rings. The molecule has 0 aliphatic heterocycles. The van der Waals surface area contributed by atoms with Crippen LogP contribution in [0.5, 0.6) is 0 Å². The minimum absolute atomic E-state index is 0.436. The van der Waals surface area contributed by atoms with Gasteiger partial charge in [-0.2, -0.15) is 5.10 Å². The average Bonchev–Trinajstić information content (AvgIpc) is 2.44. The normalized spacial score (nSPS) is 17.8. The molecule has 0 atom stereocenters. The highest BCUT2D eigenvalue weighted by atomic mass is 15.2. The number of hydrogen-bond donors (Lipinski definition) is 1. The van der Waals surface area contributed by atoms with Crippen molar-refractivity contribution in [2.75, 3.05) is 0 Å². The Hall–Kier alpha value is -0.860. The monoisotopic (exact) mass is 179 g/mol. The molecular formula is C10H17N3. The summed E-state index contributed by atoms with van der Waals surface area (Å²) >= 11 is 0. The highest BCUT2D eigenvalue weighted by molar-refractivity contribution is 4.96. The fourth-order valence-corrected chi connectivity index (χ4v) is 1.63. The van der Waals surface area contributed by atoms with Crippen LogP contribution in [0.25, 0.3) is 0 Å². The molecule has 1 aliphatic carbocycles. The first-order valence-corrected chi connectivity index (χ1v) is 5.17. The third kappa shape index (κ3) is 1.90. The van der Waals surface area contributed by atoms with Gasteiger partial charge in [0.1, 0.15) is 5.82 Å². The van der Waals surface area contributed by atoms with Crippen LogP contribution >= 0.6 is 0 Å². The van der Waals surface area contributed by atoms with E-state index in [0.29, 0.717) is 5.92 Å². The molecule has 0 bridgehead atoms. The van der Waals surface area contributed by atoms with E-state index in [1.807, 2.05) is 0 Å². The second-order valence-electron chi connectivity index (χ2n) is 4.30. The molecule has 3 nitrogen and oxygen atoms in total. The Bertz CT molecular complexity index is 273. The Balaban J connectivity index is 1.96. The van der Waals surface area contributed by atoms with Crippen LogP contribution in [0.4, 0.5) is 0 Å². The summed E-state index contributed by atoms with van der Waals surface area (Å²) in [6, 6.07) is 0. The standard InChI is InChI=1S/C10H17N3/c1-7(2)10-11-9(12-13-10)6-8-4-3-5-8/h7-8H,3-6H2,1-2H3,(H,11,12,13). The van der Waals surface area contributed by atoms with Gasteiger partial charge in [-0.1, -0.05) is 33.1 Å². The molecule has 1 saturated carbocycles. The van der Waals surface area contributed by atoms with Gasteiger partial charge in [-0.3, -0.25) is 5.10 Å². The van der Waals surface area contributed by atoms with Crippen molar-refractivity contribution < 1.29 is 0 Å². The maximum absolute atomic E-state index is 4.46. The molecule has 3 heteroatoms. The molecule has 72 valence electrons. The summed E-state index contributed by atoms with van der Waals surface area (Å²) in [5, 5.41) is 7.22. The number of rotatable bonds is 3. The van der Waals surface area contributed by atoms with E-state index in [0.717, 1.165) is 24.0 Å². The third-order valence-electron chi connectivity index (χ3n) is 2.77. The summed E-state index contributed by atoms with van der Waals surface area (Å²) in [4.78, 5) is 4.46. The van der Waals surface area contributed by atoms with E-state index in [2.05, 4.69) is 29.0 Å². The van der Waals surface area contributed by atoms with Gasteiger partial charge in [0.2, 0.25) is 0 Å². The van der Waals surface area contributed by atoms with Gasteiger partial charge in [0.05, 0.1) is 0 Å². The van der Waals surface area contributed by atoms with Crippen LogP contribution in [-0.2, 0) is 6.42 Å². The molecule has 1 aliphatic rings. The molecule has 1 N–H and O–H groups in total. The van der Waals surface area contributed by atoms with Crippen molar-refractivity contribution in [1.29, 1.82) is 0 Å². The van der Waals surface area contributed by atoms with E-state index < -0.39 is 0 Å². The number of aromatic amines is 1. The molecule has 0 spiro atoms. The van der Waals surface area contributed by atoms with Gasteiger partial charge in [0, 0.05) is 12.3 Å². The van der Waals surface area contributed by atoms with Gasteiger partial charge >= 0.3 is 0 Å². The zero-order valence-corrected chi connectivity index (χ0v) is 8.38. The Morgan fingerprint density at radius 3 is 2.69 bits per heavy atom. The fourth-order valence-electron chi connectivity index (χ4n) is 1.63. The maximum Gasteiger partial charge on any atom is 0.153 e. The Morgan fingerprint density at radius 1 is 1.46 bits per heavy atom. The van der Waals surface area contributed by atoms with Gasteiger partial charge in [0.15, 0.2) is 5.82 Å². The topological polar surface area (TPSA) is 41.6 Å².